The minimum Gasteiger partial charge on any atom is -0.338 e. The quantitative estimate of drug-likeness (QED) is 0.633. The van der Waals surface area contributed by atoms with Crippen molar-refractivity contribution in [3.63, 3.8) is 0 Å². The van der Waals surface area contributed by atoms with Gasteiger partial charge >= 0.3 is 6.03 Å². The van der Waals surface area contributed by atoms with Gasteiger partial charge in [-0.25, -0.2) is 4.79 Å². The van der Waals surface area contributed by atoms with Crippen LogP contribution in [0.1, 0.15) is 40.0 Å². The summed E-state index contributed by atoms with van der Waals surface area (Å²) >= 11 is 0. The minimum absolute atomic E-state index is 0.110. The van der Waals surface area contributed by atoms with Crippen molar-refractivity contribution in [3.05, 3.63) is 11.8 Å². The number of unbranched alkanes of at least 4 members (excludes halogenated alkanes) is 1. The van der Waals surface area contributed by atoms with Crippen LogP contribution in [-0.4, -0.2) is 12.6 Å². The molecule has 0 radical (unpaired) electrons. The number of urea groups is 1. The molecule has 0 saturated carbocycles. The van der Waals surface area contributed by atoms with E-state index in [2.05, 4.69) is 24.5 Å². The van der Waals surface area contributed by atoms with Crippen LogP contribution in [0.3, 0.4) is 0 Å². The SMILES string of the molecule is CCCCNC(=O)N/C=C(\C)CC. The number of carbonyl (C=O) groups excluding carboxylic acids is 1. The number of hydrogen-bond acceptors (Lipinski definition) is 1. The Hall–Kier alpha value is -0.990. The summed E-state index contributed by atoms with van der Waals surface area (Å²) in [5.41, 5.74) is 1.17. The zero-order valence-electron chi connectivity index (χ0n) is 8.81. The van der Waals surface area contributed by atoms with E-state index in [-0.39, 0.29) is 6.03 Å². The second-order valence-electron chi connectivity index (χ2n) is 3.10. The van der Waals surface area contributed by atoms with Crippen LogP contribution in [0, 0.1) is 0 Å². The molecule has 2 N–H and O–H groups in total. The van der Waals surface area contributed by atoms with E-state index in [0.717, 1.165) is 25.8 Å². The van der Waals surface area contributed by atoms with Gasteiger partial charge in [-0.3, -0.25) is 0 Å². The van der Waals surface area contributed by atoms with E-state index in [4.69, 9.17) is 0 Å². The molecule has 0 aromatic carbocycles. The third-order valence-electron chi connectivity index (χ3n) is 1.82. The number of nitrogens with one attached hydrogen (secondary N) is 2. The molecule has 13 heavy (non-hydrogen) atoms. The van der Waals surface area contributed by atoms with Gasteiger partial charge in [0.05, 0.1) is 0 Å². The highest BCUT2D eigenvalue weighted by molar-refractivity contribution is 5.74. The van der Waals surface area contributed by atoms with Crippen molar-refractivity contribution in [1.82, 2.24) is 10.6 Å². The van der Waals surface area contributed by atoms with Crippen LogP contribution in [0.15, 0.2) is 11.8 Å². The lowest BCUT2D eigenvalue weighted by atomic mass is 10.3. The first kappa shape index (κ1) is 12.0. The maximum atomic E-state index is 11.1. The predicted molar refractivity (Wildman–Crippen MR) is 55.5 cm³/mol. The minimum atomic E-state index is -0.110. The van der Waals surface area contributed by atoms with Crippen LogP contribution in [-0.2, 0) is 0 Å². The number of hydrogen-bond donors (Lipinski definition) is 2. The third-order valence-corrected chi connectivity index (χ3v) is 1.82. The van der Waals surface area contributed by atoms with E-state index < -0.39 is 0 Å². The molecule has 0 aliphatic carbocycles. The molecule has 0 aliphatic heterocycles. The van der Waals surface area contributed by atoms with Crippen LogP contribution in [0.5, 0.6) is 0 Å². The first-order valence-electron chi connectivity index (χ1n) is 4.90. The standard InChI is InChI=1S/C10H20N2O/c1-4-6-7-11-10(13)12-8-9(3)5-2/h8H,4-7H2,1-3H3,(H2,11,12,13)/b9-8+. The summed E-state index contributed by atoms with van der Waals surface area (Å²) in [6.45, 7) is 6.90. The summed E-state index contributed by atoms with van der Waals surface area (Å²) in [5, 5.41) is 5.45. The summed E-state index contributed by atoms with van der Waals surface area (Å²) in [5.74, 6) is 0. The van der Waals surface area contributed by atoms with Crippen molar-refractivity contribution in [2.24, 2.45) is 0 Å². The molecule has 0 aromatic rings. The molecule has 0 unspecified atom stereocenters. The zero-order chi connectivity index (χ0) is 10.1. The van der Waals surface area contributed by atoms with Crippen LogP contribution >= 0.6 is 0 Å². The smallest absolute Gasteiger partial charge is 0.318 e. The lowest BCUT2D eigenvalue weighted by molar-refractivity contribution is 0.244. The monoisotopic (exact) mass is 184 g/mol. The van der Waals surface area contributed by atoms with Crippen molar-refractivity contribution in [2.45, 2.75) is 40.0 Å². The molecule has 2 amide bonds. The van der Waals surface area contributed by atoms with Crippen molar-refractivity contribution >= 4 is 6.03 Å². The predicted octanol–water partition coefficient (Wildman–Crippen LogP) is 2.40. The molecule has 0 bridgehead atoms. The molecule has 0 saturated heterocycles. The summed E-state index contributed by atoms with van der Waals surface area (Å²) in [7, 11) is 0. The maximum absolute atomic E-state index is 11.1. The number of carbonyl (C=O) groups is 1. The highest BCUT2D eigenvalue weighted by Crippen LogP contribution is 1.94. The van der Waals surface area contributed by atoms with E-state index in [1.165, 1.54) is 5.57 Å². The van der Waals surface area contributed by atoms with E-state index in [9.17, 15) is 4.79 Å². The normalized spacial score (nSPS) is 11.2. The summed E-state index contributed by atoms with van der Waals surface area (Å²) in [6, 6.07) is -0.110. The Balaban J connectivity index is 3.51. The summed E-state index contributed by atoms with van der Waals surface area (Å²) < 4.78 is 0. The molecule has 0 rings (SSSR count). The summed E-state index contributed by atoms with van der Waals surface area (Å²) in [4.78, 5) is 11.1. The Morgan fingerprint density at radius 1 is 1.38 bits per heavy atom. The Kier molecular flexibility index (Phi) is 7.07. The van der Waals surface area contributed by atoms with Gasteiger partial charge in [-0.05, 0) is 19.8 Å². The Labute approximate surface area is 80.6 Å². The average Bonchev–Trinajstić information content (AvgIpc) is 2.14. The van der Waals surface area contributed by atoms with E-state index in [1.54, 1.807) is 6.20 Å². The second-order valence-corrected chi connectivity index (χ2v) is 3.10. The zero-order valence-corrected chi connectivity index (χ0v) is 8.81. The molecule has 0 fully saturated rings. The van der Waals surface area contributed by atoms with E-state index in [0.29, 0.717) is 0 Å². The highest BCUT2D eigenvalue weighted by Gasteiger charge is 1.94. The van der Waals surface area contributed by atoms with Gasteiger partial charge in [0.15, 0.2) is 0 Å². The van der Waals surface area contributed by atoms with Gasteiger partial charge in [0.1, 0.15) is 0 Å². The van der Waals surface area contributed by atoms with Crippen molar-refractivity contribution in [1.29, 1.82) is 0 Å². The molecule has 0 aliphatic rings. The molecule has 76 valence electrons. The Bertz CT molecular complexity index is 176. The van der Waals surface area contributed by atoms with Crippen LogP contribution in [0.25, 0.3) is 0 Å². The van der Waals surface area contributed by atoms with Crippen molar-refractivity contribution < 1.29 is 4.79 Å². The van der Waals surface area contributed by atoms with Crippen LogP contribution < -0.4 is 10.6 Å². The highest BCUT2D eigenvalue weighted by atomic mass is 16.2. The Morgan fingerprint density at radius 3 is 2.62 bits per heavy atom. The van der Waals surface area contributed by atoms with Crippen LogP contribution in [0.4, 0.5) is 4.79 Å². The molecule has 0 heterocycles. The Morgan fingerprint density at radius 2 is 2.08 bits per heavy atom. The molecule has 3 nitrogen and oxygen atoms in total. The first-order valence-corrected chi connectivity index (χ1v) is 4.90. The number of amides is 2. The van der Waals surface area contributed by atoms with Gasteiger partial charge in [0.25, 0.3) is 0 Å². The fourth-order valence-electron chi connectivity index (χ4n) is 0.721. The largest absolute Gasteiger partial charge is 0.338 e. The molecule has 0 spiro atoms. The molecular weight excluding hydrogens is 164 g/mol. The van der Waals surface area contributed by atoms with Gasteiger partial charge in [-0.15, -0.1) is 0 Å². The number of rotatable bonds is 5. The topological polar surface area (TPSA) is 41.1 Å². The van der Waals surface area contributed by atoms with Crippen molar-refractivity contribution in [2.75, 3.05) is 6.54 Å². The van der Waals surface area contributed by atoms with E-state index >= 15 is 0 Å². The summed E-state index contributed by atoms with van der Waals surface area (Å²) in [6.07, 6.45) is 4.85. The fraction of sp³-hybridized carbons (Fsp3) is 0.700. The van der Waals surface area contributed by atoms with Gasteiger partial charge in [0.2, 0.25) is 0 Å². The third kappa shape index (κ3) is 7.37. The fourth-order valence-corrected chi connectivity index (χ4v) is 0.721. The molecule has 0 aromatic heterocycles. The molecule has 3 heteroatoms. The van der Waals surface area contributed by atoms with Crippen molar-refractivity contribution in [3.8, 4) is 0 Å². The molecule has 0 atom stereocenters. The lowest BCUT2D eigenvalue weighted by Crippen LogP contribution is -2.32. The first-order chi connectivity index (χ1) is 6.20. The lowest BCUT2D eigenvalue weighted by Gasteiger charge is -2.03. The average molecular weight is 184 g/mol. The maximum Gasteiger partial charge on any atom is 0.318 e. The van der Waals surface area contributed by atoms with E-state index in [1.807, 2.05) is 6.92 Å². The second kappa shape index (κ2) is 7.65. The molecular formula is C10H20N2O. The van der Waals surface area contributed by atoms with Gasteiger partial charge in [-0.1, -0.05) is 25.8 Å². The van der Waals surface area contributed by atoms with Crippen LogP contribution in [0.2, 0.25) is 0 Å². The van der Waals surface area contributed by atoms with Gasteiger partial charge < -0.3 is 10.6 Å². The van der Waals surface area contributed by atoms with Gasteiger partial charge in [0, 0.05) is 12.7 Å². The number of allylic oxidation sites excluding steroid dienone is 1. The van der Waals surface area contributed by atoms with Gasteiger partial charge in [-0.2, -0.15) is 0 Å².